The normalized spacial score (nSPS) is 11.9. The van der Waals surface area contributed by atoms with E-state index in [1.807, 2.05) is 26.0 Å². The molecular formula is C23H33N3O6S2. The van der Waals surface area contributed by atoms with Crippen molar-refractivity contribution in [3.8, 4) is 5.75 Å². The quantitative estimate of drug-likeness (QED) is 0.438. The van der Waals surface area contributed by atoms with Crippen LogP contribution in [0.5, 0.6) is 5.75 Å². The largest absolute Gasteiger partial charge is 0.492 e. The zero-order valence-corrected chi connectivity index (χ0v) is 21.9. The Kier molecular flexibility index (Phi) is 9.48. The fourth-order valence-corrected chi connectivity index (χ4v) is 4.98. The maximum Gasteiger partial charge on any atom is 0.242 e. The molecule has 0 aliphatic rings. The summed E-state index contributed by atoms with van der Waals surface area (Å²) < 4.78 is 56.6. The van der Waals surface area contributed by atoms with Crippen molar-refractivity contribution in [2.45, 2.75) is 31.6 Å². The van der Waals surface area contributed by atoms with Crippen LogP contribution in [-0.4, -0.2) is 67.1 Å². The van der Waals surface area contributed by atoms with Gasteiger partial charge in [0.15, 0.2) is 0 Å². The number of amides is 1. The Labute approximate surface area is 202 Å². The van der Waals surface area contributed by atoms with Crippen LogP contribution in [0.4, 0.5) is 5.69 Å². The summed E-state index contributed by atoms with van der Waals surface area (Å²) in [6.45, 7) is 4.57. The molecule has 34 heavy (non-hydrogen) atoms. The van der Waals surface area contributed by atoms with Gasteiger partial charge in [0.25, 0.3) is 0 Å². The lowest BCUT2D eigenvalue weighted by Gasteiger charge is -2.23. The molecule has 2 rings (SSSR count). The molecule has 0 radical (unpaired) electrons. The molecule has 0 spiro atoms. The smallest absolute Gasteiger partial charge is 0.242 e. The predicted octanol–water partition coefficient (Wildman–Crippen LogP) is 2.30. The average Bonchev–Trinajstić information content (AvgIpc) is 2.75. The summed E-state index contributed by atoms with van der Waals surface area (Å²) in [5.41, 5.74) is 2.66. The fourth-order valence-electron chi connectivity index (χ4n) is 3.12. The Bertz CT molecular complexity index is 1190. The van der Waals surface area contributed by atoms with Gasteiger partial charge < -0.3 is 10.1 Å². The third kappa shape index (κ3) is 7.71. The zero-order chi connectivity index (χ0) is 25.5. The number of anilines is 1. The van der Waals surface area contributed by atoms with E-state index in [1.54, 1.807) is 18.2 Å². The first kappa shape index (κ1) is 27.6. The Hall–Kier alpha value is -2.63. The summed E-state index contributed by atoms with van der Waals surface area (Å²) >= 11 is 0. The maximum absolute atomic E-state index is 12.2. The predicted molar refractivity (Wildman–Crippen MR) is 133 cm³/mol. The number of benzene rings is 2. The molecule has 2 aromatic carbocycles. The van der Waals surface area contributed by atoms with Crippen LogP contribution < -0.4 is 14.4 Å². The molecule has 11 heteroatoms. The molecule has 0 saturated carbocycles. The molecule has 0 saturated heterocycles. The fraction of sp³-hybridized carbons (Fsp3) is 0.435. The SMILES string of the molecule is Cc1ccc(N(CCCC(=O)NCCOc2ccc(S(=O)(=O)N(C)C)cc2)S(C)(=O)=O)cc1C. The number of nitrogens with one attached hydrogen (secondary N) is 1. The second kappa shape index (κ2) is 11.7. The Balaban J connectivity index is 1.78. The maximum atomic E-state index is 12.2. The molecule has 0 bridgehead atoms. The van der Waals surface area contributed by atoms with Crippen LogP contribution in [0.2, 0.25) is 0 Å². The van der Waals surface area contributed by atoms with Crippen molar-refractivity contribution in [1.29, 1.82) is 0 Å². The van der Waals surface area contributed by atoms with E-state index in [2.05, 4.69) is 5.32 Å². The highest BCUT2D eigenvalue weighted by atomic mass is 32.2. The number of sulfonamides is 2. The second-order valence-electron chi connectivity index (χ2n) is 8.16. The van der Waals surface area contributed by atoms with Crippen molar-refractivity contribution < 1.29 is 26.4 Å². The highest BCUT2D eigenvalue weighted by molar-refractivity contribution is 7.92. The molecule has 0 heterocycles. The highest BCUT2D eigenvalue weighted by Crippen LogP contribution is 2.22. The molecule has 188 valence electrons. The molecule has 0 unspecified atom stereocenters. The van der Waals surface area contributed by atoms with E-state index in [-0.39, 0.29) is 36.9 Å². The first-order valence-corrected chi connectivity index (χ1v) is 14.1. The minimum absolute atomic E-state index is 0.169. The molecule has 1 N–H and O–H groups in total. The lowest BCUT2D eigenvalue weighted by atomic mass is 10.1. The average molecular weight is 512 g/mol. The van der Waals surface area contributed by atoms with Crippen LogP contribution in [0.3, 0.4) is 0 Å². The minimum atomic E-state index is -3.50. The summed E-state index contributed by atoms with van der Waals surface area (Å²) in [5.74, 6) is 0.286. The number of aryl methyl sites for hydroxylation is 2. The number of hydrogen-bond donors (Lipinski definition) is 1. The van der Waals surface area contributed by atoms with Crippen LogP contribution in [0, 0.1) is 13.8 Å². The van der Waals surface area contributed by atoms with E-state index in [0.717, 1.165) is 21.7 Å². The Morgan fingerprint density at radius 3 is 2.18 bits per heavy atom. The third-order valence-electron chi connectivity index (χ3n) is 5.24. The van der Waals surface area contributed by atoms with Crippen molar-refractivity contribution in [3.63, 3.8) is 0 Å². The lowest BCUT2D eigenvalue weighted by molar-refractivity contribution is -0.121. The van der Waals surface area contributed by atoms with Gasteiger partial charge in [-0.15, -0.1) is 0 Å². The molecular weight excluding hydrogens is 478 g/mol. The van der Waals surface area contributed by atoms with Gasteiger partial charge in [-0.25, -0.2) is 21.1 Å². The molecule has 0 aliphatic heterocycles. The molecule has 0 aromatic heterocycles. The van der Waals surface area contributed by atoms with E-state index in [1.165, 1.54) is 30.5 Å². The third-order valence-corrected chi connectivity index (χ3v) is 8.26. The Morgan fingerprint density at radius 1 is 0.971 bits per heavy atom. The van der Waals surface area contributed by atoms with E-state index in [0.29, 0.717) is 17.9 Å². The van der Waals surface area contributed by atoms with Crippen LogP contribution in [0.1, 0.15) is 24.0 Å². The topological polar surface area (TPSA) is 113 Å². The lowest BCUT2D eigenvalue weighted by Crippen LogP contribution is -2.33. The van der Waals surface area contributed by atoms with Crippen molar-refractivity contribution in [3.05, 3.63) is 53.6 Å². The summed E-state index contributed by atoms with van der Waals surface area (Å²) in [5, 5.41) is 2.74. The highest BCUT2D eigenvalue weighted by Gasteiger charge is 2.18. The van der Waals surface area contributed by atoms with Crippen molar-refractivity contribution in [2.24, 2.45) is 0 Å². The van der Waals surface area contributed by atoms with Crippen molar-refractivity contribution in [1.82, 2.24) is 9.62 Å². The van der Waals surface area contributed by atoms with Crippen LogP contribution in [-0.2, 0) is 24.8 Å². The van der Waals surface area contributed by atoms with Gasteiger partial charge >= 0.3 is 0 Å². The number of ether oxygens (including phenoxy) is 1. The molecule has 0 atom stereocenters. The Morgan fingerprint density at radius 2 is 1.62 bits per heavy atom. The van der Waals surface area contributed by atoms with Gasteiger partial charge in [0.2, 0.25) is 26.0 Å². The zero-order valence-electron chi connectivity index (χ0n) is 20.2. The van der Waals surface area contributed by atoms with Gasteiger partial charge in [-0.3, -0.25) is 9.10 Å². The molecule has 0 aliphatic carbocycles. The van der Waals surface area contributed by atoms with Gasteiger partial charge in [-0.05, 0) is 67.8 Å². The number of nitrogens with zero attached hydrogens (tertiary/aromatic N) is 2. The first-order valence-electron chi connectivity index (χ1n) is 10.8. The summed E-state index contributed by atoms with van der Waals surface area (Å²) in [7, 11) is -4.04. The standard InChI is InChI=1S/C23H33N3O6S2/c1-18-8-9-20(17-19(18)2)26(33(5,28)29)15-6-7-23(27)24-14-16-32-21-10-12-22(13-11-21)34(30,31)25(3)4/h8-13,17H,6-7,14-16H2,1-5H3,(H,24,27). The van der Waals surface area contributed by atoms with Crippen LogP contribution in [0.15, 0.2) is 47.4 Å². The van der Waals surface area contributed by atoms with Crippen LogP contribution in [0.25, 0.3) is 0 Å². The van der Waals surface area contributed by atoms with Gasteiger partial charge in [0, 0.05) is 27.1 Å². The second-order valence-corrected chi connectivity index (χ2v) is 12.2. The first-order chi connectivity index (χ1) is 15.8. The minimum Gasteiger partial charge on any atom is -0.492 e. The van der Waals surface area contributed by atoms with Gasteiger partial charge in [0.1, 0.15) is 12.4 Å². The summed E-state index contributed by atoms with van der Waals surface area (Å²) in [6, 6.07) is 11.5. The summed E-state index contributed by atoms with van der Waals surface area (Å²) in [6.07, 6.45) is 1.70. The van der Waals surface area contributed by atoms with Crippen LogP contribution >= 0.6 is 0 Å². The van der Waals surface area contributed by atoms with E-state index >= 15 is 0 Å². The van der Waals surface area contributed by atoms with Gasteiger partial charge in [-0.1, -0.05) is 6.07 Å². The monoisotopic (exact) mass is 511 g/mol. The van der Waals surface area contributed by atoms with E-state index in [4.69, 9.17) is 4.74 Å². The van der Waals surface area contributed by atoms with Gasteiger partial charge in [-0.2, -0.15) is 0 Å². The van der Waals surface area contributed by atoms with Crippen molar-refractivity contribution >= 4 is 31.6 Å². The van der Waals surface area contributed by atoms with E-state index in [9.17, 15) is 21.6 Å². The molecule has 9 nitrogen and oxygen atoms in total. The number of rotatable bonds is 12. The number of carbonyl (C=O) groups is 1. The molecule has 1 amide bonds. The number of carbonyl (C=O) groups excluding carboxylic acids is 1. The number of hydrogen-bond acceptors (Lipinski definition) is 6. The van der Waals surface area contributed by atoms with E-state index < -0.39 is 20.0 Å². The molecule has 0 fully saturated rings. The molecule has 2 aromatic rings. The van der Waals surface area contributed by atoms with Crippen molar-refractivity contribution in [2.75, 3.05) is 44.4 Å². The van der Waals surface area contributed by atoms with Gasteiger partial charge in [0.05, 0.1) is 23.4 Å². The summed E-state index contributed by atoms with van der Waals surface area (Å²) in [4.78, 5) is 12.3.